The number of hydrogen-bond donors (Lipinski definition) is 0. The van der Waals surface area contributed by atoms with Gasteiger partial charge in [-0.3, -0.25) is 9.36 Å². The molecule has 0 fully saturated rings. The summed E-state index contributed by atoms with van der Waals surface area (Å²) in [6.45, 7) is 2.24. The van der Waals surface area contributed by atoms with E-state index in [2.05, 4.69) is 15.0 Å². The summed E-state index contributed by atoms with van der Waals surface area (Å²) in [5.41, 5.74) is 2.19. The van der Waals surface area contributed by atoms with E-state index >= 15 is 0 Å². The van der Waals surface area contributed by atoms with E-state index in [1.165, 1.54) is 17.2 Å². The molecule has 0 aliphatic heterocycles. The highest BCUT2D eigenvalue weighted by molar-refractivity contribution is 6.31. The fourth-order valence-electron chi connectivity index (χ4n) is 2.10. The molecule has 0 spiro atoms. The summed E-state index contributed by atoms with van der Waals surface area (Å²) in [4.78, 5) is 24.8. The Kier molecular flexibility index (Phi) is 3.20. The molecule has 100 valence electrons. The molecule has 20 heavy (non-hydrogen) atoms. The number of aromatic nitrogens is 4. The minimum atomic E-state index is -0.126. The molecule has 0 aliphatic carbocycles. The van der Waals surface area contributed by atoms with E-state index in [0.717, 1.165) is 11.3 Å². The van der Waals surface area contributed by atoms with Gasteiger partial charge in [-0.1, -0.05) is 11.6 Å². The van der Waals surface area contributed by atoms with Gasteiger partial charge in [-0.2, -0.15) is 0 Å². The number of hydrogen-bond acceptors (Lipinski definition) is 4. The summed E-state index contributed by atoms with van der Waals surface area (Å²) >= 11 is 6.01. The average Bonchev–Trinajstić information content (AvgIpc) is 2.43. The van der Waals surface area contributed by atoms with Crippen LogP contribution in [0.3, 0.4) is 0 Å². The number of halogens is 1. The lowest BCUT2D eigenvalue weighted by molar-refractivity contribution is 0.726. The number of benzene rings is 1. The predicted octanol–water partition coefficient (Wildman–Crippen LogP) is 2.20. The zero-order valence-corrected chi connectivity index (χ0v) is 11.5. The van der Waals surface area contributed by atoms with Gasteiger partial charge in [0.2, 0.25) is 0 Å². The van der Waals surface area contributed by atoms with Gasteiger partial charge in [-0.05, 0) is 30.7 Å². The van der Waals surface area contributed by atoms with Crippen LogP contribution in [0, 0.1) is 6.92 Å². The molecule has 0 aliphatic rings. The van der Waals surface area contributed by atoms with Crippen molar-refractivity contribution in [3.8, 4) is 0 Å². The highest BCUT2D eigenvalue weighted by Gasteiger charge is 2.08. The molecule has 1 aromatic carbocycles. The Bertz CT molecular complexity index is 830. The van der Waals surface area contributed by atoms with Crippen molar-refractivity contribution in [2.45, 2.75) is 13.5 Å². The molecule has 5 nitrogen and oxygen atoms in total. The zero-order chi connectivity index (χ0) is 14.1. The van der Waals surface area contributed by atoms with Gasteiger partial charge in [0.15, 0.2) is 0 Å². The van der Waals surface area contributed by atoms with E-state index in [1.54, 1.807) is 24.4 Å². The molecule has 0 unspecified atom stereocenters. The fourth-order valence-corrected chi connectivity index (χ4v) is 2.38. The molecule has 0 saturated heterocycles. The van der Waals surface area contributed by atoms with Gasteiger partial charge in [0.05, 0.1) is 29.5 Å². The van der Waals surface area contributed by atoms with Crippen LogP contribution in [0.15, 0.2) is 41.8 Å². The summed E-state index contributed by atoms with van der Waals surface area (Å²) in [5.74, 6) is 0. The van der Waals surface area contributed by atoms with E-state index in [9.17, 15) is 4.79 Å². The largest absolute Gasteiger partial charge is 0.293 e. The van der Waals surface area contributed by atoms with Gasteiger partial charge in [0.25, 0.3) is 5.56 Å². The third-order valence-corrected chi connectivity index (χ3v) is 3.28. The van der Waals surface area contributed by atoms with Crippen LogP contribution in [-0.2, 0) is 6.54 Å². The molecule has 3 aromatic rings. The Morgan fingerprint density at radius 1 is 1.30 bits per heavy atom. The second kappa shape index (κ2) is 5.02. The lowest BCUT2D eigenvalue weighted by Gasteiger charge is -2.07. The highest BCUT2D eigenvalue weighted by Crippen LogP contribution is 2.19. The Morgan fingerprint density at radius 2 is 2.15 bits per heavy atom. The van der Waals surface area contributed by atoms with E-state index in [4.69, 9.17) is 11.6 Å². The molecule has 0 bridgehead atoms. The quantitative estimate of drug-likeness (QED) is 0.724. The zero-order valence-electron chi connectivity index (χ0n) is 10.7. The van der Waals surface area contributed by atoms with Gasteiger partial charge in [0.1, 0.15) is 6.33 Å². The second-order valence-electron chi connectivity index (χ2n) is 4.50. The van der Waals surface area contributed by atoms with Crippen molar-refractivity contribution in [3.63, 3.8) is 0 Å². The lowest BCUT2D eigenvalue weighted by Crippen LogP contribution is -2.21. The maximum Gasteiger partial charge on any atom is 0.261 e. The standard InChI is InChI=1S/C14H11ClN4O/c1-9-4-10(15)5-12-13(9)18-8-19(14(12)20)6-11-2-3-16-7-17-11/h2-5,7-8H,6H2,1H3. The molecular formula is C14H11ClN4O. The van der Waals surface area contributed by atoms with Crippen molar-refractivity contribution in [1.82, 2.24) is 19.5 Å². The molecule has 0 radical (unpaired) electrons. The van der Waals surface area contributed by atoms with Crippen molar-refractivity contribution < 1.29 is 0 Å². The second-order valence-corrected chi connectivity index (χ2v) is 4.93. The van der Waals surface area contributed by atoms with Crippen molar-refractivity contribution in [2.75, 3.05) is 0 Å². The van der Waals surface area contributed by atoms with Crippen LogP contribution < -0.4 is 5.56 Å². The number of aryl methyl sites for hydroxylation is 1. The van der Waals surface area contributed by atoms with Crippen LogP contribution >= 0.6 is 11.6 Å². The van der Waals surface area contributed by atoms with Crippen molar-refractivity contribution in [2.24, 2.45) is 0 Å². The first-order valence-electron chi connectivity index (χ1n) is 6.05. The Hall–Kier alpha value is -2.27. The molecule has 2 heterocycles. The fraction of sp³-hybridized carbons (Fsp3) is 0.143. The molecule has 3 rings (SSSR count). The van der Waals surface area contributed by atoms with Gasteiger partial charge < -0.3 is 0 Å². The maximum absolute atomic E-state index is 12.5. The van der Waals surface area contributed by atoms with Gasteiger partial charge >= 0.3 is 0 Å². The SMILES string of the molecule is Cc1cc(Cl)cc2c(=O)n(Cc3ccncn3)cnc12. The maximum atomic E-state index is 12.5. The van der Waals surface area contributed by atoms with Crippen molar-refractivity contribution >= 4 is 22.5 Å². The number of rotatable bonds is 2. The first kappa shape index (κ1) is 12.7. The minimum absolute atomic E-state index is 0.126. The third kappa shape index (κ3) is 2.28. The molecule has 0 N–H and O–H groups in total. The van der Waals surface area contributed by atoms with Crippen molar-refractivity contribution in [3.05, 3.63) is 63.7 Å². The predicted molar refractivity (Wildman–Crippen MR) is 76.9 cm³/mol. The van der Waals surface area contributed by atoms with Crippen LogP contribution in [0.4, 0.5) is 0 Å². The monoisotopic (exact) mass is 286 g/mol. The Balaban J connectivity index is 2.14. The smallest absolute Gasteiger partial charge is 0.261 e. The first-order valence-corrected chi connectivity index (χ1v) is 6.43. The summed E-state index contributed by atoms with van der Waals surface area (Å²) in [6.07, 6.45) is 4.63. The molecule has 0 atom stereocenters. The highest BCUT2D eigenvalue weighted by atomic mass is 35.5. The summed E-state index contributed by atoms with van der Waals surface area (Å²) < 4.78 is 1.51. The van der Waals surface area contributed by atoms with Crippen LogP contribution in [0.5, 0.6) is 0 Å². The van der Waals surface area contributed by atoms with Crippen LogP contribution in [-0.4, -0.2) is 19.5 Å². The van der Waals surface area contributed by atoms with Crippen LogP contribution in [0.2, 0.25) is 5.02 Å². The average molecular weight is 287 g/mol. The van der Waals surface area contributed by atoms with E-state index in [1.807, 2.05) is 6.92 Å². The molecule has 6 heteroatoms. The van der Waals surface area contributed by atoms with E-state index < -0.39 is 0 Å². The van der Waals surface area contributed by atoms with Crippen molar-refractivity contribution in [1.29, 1.82) is 0 Å². The first-order chi connectivity index (χ1) is 9.65. The van der Waals surface area contributed by atoms with Crippen LogP contribution in [0.25, 0.3) is 10.9 Å². The number of nitrogens with zero attached hydrogens (tertiary/aromatic N) is 4. The lowest BCUT2D eigenvalue weighted by atomic mass is 10.1. The van der Waals surface area contributed by atoms with Crippen LogP contribution in [0.1, 0.15) is 11.3 Å². The summed E-state index contributed by atoms with van der Waals surface area (Å²) in [7, 11) is 0. The molecule has 2 aromatic heterocycles. The Labute approximate surface area is 119 Å². The van der Waals surface area contributed by atoms with Gasteiger partial charge in [-0.15, -0.1) is 0 Å². The Morgan fingerprint density at radius 3 is 2.90 bits per heavy atom. The van der Waals surface area contributed by atoms with Gasteiger partial charge in [-0.25, -0.2) is 15.0 Å². The van der Waals surface area contributed by atoms with E-state index in [0.29, 0.717) is 22.5 Å². The summed E-state index contributed by atoms with van der Waals surface area (Å²) in [6, 6.07) is 5.21. The minimum Gasteiger partial charge on any atom is -0.293 e. The van der Waals surface area contributed by atoms with E-state index in [-0.39, 0.29) is 5.56 Å². The molecule has 0 amide bonds. The van der Waals surface area contributed by atoms with Gasteiger partial charge in [0, 0.05) is 11.2 Å². The third-order valence-electron chi connectivity index (χ3n) is 3.06. The number of fused-ring (bicyclic) bond motifs is 1. The molecule has 0 saturated carbocycles. The molecular weight excluding hydrogens is 276 g/mol. The summed E-state index contributed by atoms with van der Waals surface area (Å²) in [5, 5.41) is 1.06. The topological polar surface area (TPSA) is 60.7 Å². The normalized spacial score (nSPS) is 10.9.